The highest BCUT2D eigenvalue weighted by molar-refractivity contribution is 6.06. The second-order valence-corrected chi connectivity index (χ2v) is 4.20. The Balaban J connectivity index is 2.38. The summed E-state index contributed by atoms with van der Waals surface area (Å²) in [5.41, 5.74) is 2.15. The van der Waals surface area contributed by atoms with E-state index in [1.807, 2.05) is 38.1 Å². The average Bonchev–Trinajstić information content (AvgIpc) is 2.41. The minimum Gasteiger partial charge on any atom is -0.308 e. The first-order valence-corrected chi connectivity index (χ1v) is 6.12. The second-order valence-electron chi connectivity index (χ2n) is 4.20. The average molecular weight is 258 g/mol. The summed E-state index contributed by atoms with van der Waals surface area (Å²) < 4.78 is 13.1. The van der Waals surface area contributed by atoms with Gasteiger partial charge in [0.1, 0.15) is 0 Å². The van der Waals surface area contributed by atoms with Crippen LogP contribution in [-0.4, -0.2) is 17.4 Å². The number of amides is 1. The van der Waals surface area contributed by atoms with Crippen molar-refractivity contribution >= 4 is 11.6 Å². The maximum absolute atomic E-state index is 13.1. The molecule has 0 radical (unpaired) electrons. The van der Waals surface area contributed by atoms with Gasteiger partial charge in [0.25, 0.3) is 5.91 Å². The number of pyridine rings is 1. The predicted octanol–water partition coefficient (Wildman–Crippen LogP) is 3.20. The number of anilines is 1. The molecule has 4 heteroatoms. The number of aromatic nitrogens is 1. The van der Waals surface area contributed by atoms with Crippen LogP contribution in [0.2, 0.25) is 0 Å². The summed E-state index contributed by atoms with van der Waals surface area (Å²) in [5, 5.41) is 0. The van der Waals surface area contributed by atoms with Crippen molar-refractivity contribution in [1.29, 1.82) is 0 Å². The molecule has 0 bridgehead atoms. The molecule has 0 spiro atoms. The fourth-order valence-corrected chi connectivity index (χ4v) is 1.98. The fourth-order valence-electron chi connectivity index (χ4n) is 1.98. The van der Waals surface area contributed by atoms with Gasteiger partial charge in [0.2, 0.25) is 5.95 Å². The molecule has 0 aliphatic heterocycles. The highest BCUT2D eigenvalue weighted by Crippen LogP contribution is 2.21. The molecule has 1 aromatic heterocycles. The number of hydrogen-bond donors (Lipinski definition) is 0. The van der Waals surface area contributed by atoms with Crippen molar-refractivity contribution in [3.05, 3.63) is 59.7 Å². The third-order valence-corrected chi connectivity index (χ3v) is 2.94. The van der Waals surface area contributed by atoms with Crippen LogP contribution in [0.1, 0.15) is 22.8 Å². The van der Waals surface area contributed by atoms with Crippen LogP contribution in [0.25, 0.3) is 0 Å². The summed E-state index contributed by atoms with van der Waals surface area (Å²) >= 11 is 0. The number of benzene rings is 1. The topological polar surface area (TPSA) is 33.2 Å². The summed E-state index contributed by atoms with van der Waals surface area (Å²) in [5.74, 6) is -0.871. The van der Waals surface area contributed by atoms with Crippen molar-refractivity contribution < 1.29 is 9.18 Å². The molecule has 2 rings (SSSR count). The summed E-state index contributed by atoms with van der Waals surface area (Å²) in [7, 11) is 0. The Hall–Kier alpha value is -2.23. The van der Waals surface area contributed by atoms with Gasteiger partial charge in [-0.05, 0) is 31.5 Å². The van der Waals surface area contributed by atoms with Crippen LogP contribution in [0.3, 0.4) is 0 Å². The summed E-state index contributed by atoms with van der Waals surface area (Å²) in [6, 6.07) is 10.3. The van der Waals surface area contributed by atoms with Gasteiger partial charge < -0.3 is 4.90 Å². The van der Waals surface area contributed by atoms with Crippen molar-refractivity contribution in [1.82, 2.24) is 4.98 Å². The molecular weight excluding hydrogens is 243 g/mol. The molecule has 0 saturated heterocycles. The van der Waals surface area contributed by atoms with Gasteiger partial charge in [-0.25, -0.2) is 4.98 Å². The van der Waals surface area contributed by atoms with Crippen LogP contribution in [0.15, 0.2) is 42.6 Å². The number of aryl methyl sites for hydroxylation is 1. The van der Waals surface area contributed by atoms with E-state index in [4.69, 9.17) is 0 Å². The third kappa shape index (κ3) is 2.78. The molecule has 3 nitrogen and oxygen atoms in total. The molecular formula is C15H15FN2O. The fraction of sp³-hybridized carbons (Fsp3) is 0.200. The number of rotatable bonds is 3. The van der Waals surface area contributed by atoms with E-state index in [1.165, 1.54) is 12.3 Å². The Morgan fingerprint density at radius 1 is 1.32 bits per heavy atom. The minimum atomic E-state index is -0.647. The van der Waals surface area contributed by atoms with Gasteiger partial charge in [-0.3, -0.25) is 4.79 Å². The van der Waals surface area contributed by atoms with Crippen molar-refractivity contribution in [2.75, 3.05) is 11.4 Å². The van der Waals surface area contributed by atoms with Crippen LogP contribution >= 0.6 is 0 Å². The van der Waals surface area contributed by atoms with E-state index < -0.39 is 5.95 Å². The summed E-state index contributed by atoms with van der Waals surface area (Å²) in [6.07, 6.45) is 1.30. The minimum absolute atomic E-state index is 0.224. The molecule has 98 valence electrons. The predicted molar refractivity (Wildman–Crippen MR) is 72.7 cm³/mol. The molecule has 0 aliphatic rings. The van der Waals surface area contributed by atoms with Crippen molar-refractivity contribution in [3.8, 4) is 0 Å². The smallest absolute Gasteiger partial charge is 0.258 e. The van der Waals surface area contributed by atoms with E-state index >= 15 is 0 Å². The first-order valence-electron chi connectivity index (χ1n) is 6.12. The van der Waals surface area contributed by atoms with Crippen molar-refractivity contribution in [2.24, 2.45) is 0 Å². The lowest BCUT2D eigenvalue weighted by atomic mass is 10.1. The Labute approximate surface area is 111 Å². The maximum atomic E-state index is 13.1. The molecule has 0 fully saturated rings. The van der Waals surface area contributed by atoms with E-state index in [9.17, 15) is 9.18 Å². The van der Waals surface area contributed by atoms with Gasteiger partial charge in [-0.2, -0.15) is 4.39 Å². The Morgan fingerprint density at radius 3 is 2.68 bits per heavy atom. The number of carbonyl (C=O) groups is 1. The molecule has 0 atom stereocenters. The SMILES string of the molecule is CCN(C(=O)c1ccnc(F)c1)c1ccccc1C. The number of halogens is 1. The number of nitrogens with zero attached hydrogens (tertiary/aromatic N) is 2. The molecule has 0 saturated carbocycles. The lowest BCUT2D eigenvalue weighted by Crippen LogP contribution is -2.31. The van der Waals surface area contributed by atoms with Gasteiger partial charge in [0.15, 0.2) is 0 Å². The first kappa shape index (κ1) is 13.2. The molecule has 19 heavy (non-hydrogen) atoms. The molecule has 2 aromatic rings. The highest BCUT2D eigenvalue weighted by Gasteiger charge is 2.17. The van der Waals surface area contributed by atoms with E-state index in [2.05, 4.69) is 4.98 Å². The van der Waals surface area contributed by atoms with Gasteiger partial charge in [0, 0.05) is 30.1 Å². The third-order valence-electron chi connectivity index (χ3n) is 2.94. The number of para-hydroxylation sites is 1. The van der Waals surface area contributed by atoms with E-state index in [1.54, 1.807) is 4.90 Å². The summed E-state index contributed by atoms with van der Waals surface area (Å²) in [4.78, 5) is 17.5. The molecule has 1 amide bonds. The van der Waals surface area contributed by atoms with Gasteiger partial charge >= 0.3 is 0 Å². The lowest BCUT2D eigenvalue weighted by Gasteiger charge is -2.22. The first-order chi connectivity index (χ1) is 9.13. The van der Waals surface area contributed by atoms with E-state index in [0.717, 1.165) is 17.3 Å². The largest absolute Gasteiger partial charge is 0.308 e. The quantitative estimate of drug-likeness (QED) is 0.792. The van der Waals surface area contributed by atoms with Crippen LogP contribution in [0.5, 0.6) is 0 Å². The van der Waals surface area contributed by atoms with Crippen LogP contribution < -0.4 is 4.90 Å². The number of hydrogen-bond acceptors (Lipinski definition) is 2. The van der Waals surface area contributed by atoms with Crippen molar-refractivity contribution in [3.63, 3.8) is 0 Å². The molecule has 0 aliphatic carbocycles. The van der Waals surface area contributed by atoms with Crippen molar-refractivity contribution in [2.45, 2.75) is 13.8 Å². The maximum Gasteiger partial charge on any atom is 0.258 e. The molecule has 1 aromatic carbocycles. The van der Waals surface area contributed by atoms with Gasteiger partial charge in [-0.15, -0.1) is 0 Å². The van der Waals surface area contributed by atoms with Crippen LogP contribution in [-0.2, 0) is 0 Å². The zero-order valence-corrected chi connectivity index (χ0v) is 10.9. The second kappa shape index (κ2) is 5.61. The molecule has 0 unspecified atom stereocenters. The van der Waals surface area contributed by atoms with E-state index in [0.29, 0.717) is 12.1 Å². The lowest BCUT2D eigenvalue weighted by molar-refractivity contribution is 0.0987. The Kier molecular flexibility index (Phi) is 3.90. The Morgan fingerprint density at radius 2 is 2.05 bits per heavy atom. The summed E-state index contributed by atoms with van der Waals surface area (Å²) in [6.45, 7) is 4.36. The van der Waals surface area contributed by atoms with Crippen LogP contribution in [0.4, 0.5) is 10.1 Å². The number of carbonyl (C=O) groups excluding carboxylic acids is 1. The zero-order valence-electron chi connectivity index (χ0n) is 10.9. The van der Waals surface area contributed by atoms with Gasteiger partial charge in [-0.1, -0.05) is 18.2 Å². The monoisotopic (exact) mass is 258 g/mol. The van der Waals surface area contributed by atoms with Gasteiger partial charge in [0.05, 0.1) is 0 Å². The normalized spacial score (nSPS) is 10.3. The highest BCUT2D eigenvalue weighted by atomic mass is 19.1. The molecule has 0 N–H and O–H groups in total. The Bertz CT molecular complexity index is 598. The van der Waals surface area contributed by atoms with Crippen LogP contribution in [0, 0.1) is 12.9 Å². The van der Waals surface area contributed by atoms with E-state index in [-0.39, 0.29) is 5.91 Å². The standard InChI is InChI=1S/C15H15FN2O/c1-3-18(13-7-5-4-6-11(13)2)15(19)12-8-9-17-14(16)10-12/h4-10H,3H2,1-2H3. The molecule has 1 heterocycles. The zero-order chi connectivity index (χ0) is 13.8.